The summed E-state index contributed by atoms with van der Waals surface area (Å²) in [6.07, 6.45) is 4.60. The van der Waals surface area contributed by atoms with Gasteiger partial charge in [-0.05, 0) is 31.4 Å². The topological polar surface area (TPSA) is 49.4 Å². The fourth-order valence-electron chi connectivity index (χ4n) is 3.78. The highest BCUT2D eigenvalue weighted by atomic mass is 32.2. The molecule has 3 atom stereocenters. The van der Waals surface area contributed by atoms with E-state index in [4.69, 9.17) is 0 Å². The normalized spacial score (nSPS) is 28.5. The van der Waals surface area contributed by atoms with Gasteiger partial charge in [-0.25, -0.2) is 17.2 Å². The van der Waals surface area contributed by atoms with Gasteiger partial charge in [-0.2, -0.15) is 0 Å². The Morgan fingerprint density at radius 1 is 1.22 bits per heavy atom. The Balaban J connectivity index is 1.64. The number of hydrogen-bond donors (Lipinski definition) is 1. The molecule has 1 heterocycles. The maximum Gasteiger partial charge on any atom is 0.151 e. The molecule has 1 N–H and O–H groups in total. The summed E-state index contributed by atoms with van der Waals surface area (Å²) in [7, 11) is -3.05. The van der Waals surface area contributed by atoms with Crippen molar-refractivity contribution in [1.82, 2.24) is 5.32 Å². The third kappa shape index (κ3) is 3.66. The van der Waals surface area contributed by atoms with Gasteiger partial charge in [0.2, 0.25) is 0 Å². The van der Waals surface area contributed by atoms with Gasteiger partial charge in [0, 0.05) is 37.5 Å². The van der Waals surface area contributed by atoms with E-state index in [-0.39, 0.29) is 17.3 Å². The standard InChI is InChI=1S/C16H22F2N2O2S/c1-23(21,22)16-4-2-3-14(16)19-12-7-8-20(10-12)15-6-5-11(17)9-13(15)18/h5-6,9,12,14,16,19H,2-4,7-8,10H2,1H3/t12-,14+,16+/m0/s1. The summed E-state index contributed by atoms with van der Waals surface area (Å²) in [4.78, 5) is 1.89. The van der Waals surface area contributed by atoms with E-state index in [0.717, 1.165) is 25.3 Å². The molecule has 2 fully saturated rings. The lowest BCUT2D eigenvalue weighted by molar-refractivity contribution is 0.447. The fraction of sp³-hybridized carbons (Fsp3) is 0.625. The van der Waals surface area contributed by atoms with Crippen molar-refractivity contribution in [2.75, 3.05) is 24.2 Å². The number of rotatable bonds is 4. The van der Waals surface area contributed by atoms with Crippen molar-refractivity contribution < 1.29 is 17.2 Å². The van der Waals surface area contributed by atoms with Crippen LogP contribution >= 0.6 is 0 Å². The molecule has 0 aromatic heterocycles. The molecular weight excluding hydrogens is 322 g/mol. The monoisotopic (exact) mass is 344 g/mol. The average molecular weight is 344 g/mol. The predicted octanol–water partition coefficient (Wildman–Crippen LogP) is 2.10. The van der Waals surface area contributed by atoms with Crippen LogP contribution in [-0.2, 0) is 9.84 Å². The van der Waals surface area contributed by atoms with Crippen LogP contribution in [0.5, 0.6) is 0 Å². The van der Waals surface area contributed by atoms with Crippen molar-refractivity contribution in [3.63, 3.8) is 0 Å². The number of halogens is 2. The van der Waals surface area contributed by atoms with Gasteiger partial charge in [-0.1, -0.05) is 6.42 Å². The van der Waals surface area contributed by atoms with Crippen LogP contribution in [-0.4, -0.2) is 45.1 Å². The second-order valence-corrected chi connectivity index (χ2v) is 8.86. The second-order valence-electron chi connectivity index (χ2n) is 6.60. The Bertz CT molecular complexity index is 681. The highest BCUT2D eigenvalue weighted by Gasteiger charge is 2.37. The van der Waals surface area contributed by atoms with Crippen LogP contribution in [0.15, 0.2) is 18.2 Å². The number of hydrogen-bond acceptors (Lipinski definition) is 4. The number of benzene rings is 1. The SMILES string of the molecule is CS(=O)(=O)[C@@H]1CCC[C@H]1N[C@H]1CCN(c2ccc(F)cc2F)C1. The van der Waals surface area contributed by atoms with Gasteiger partial charge >= 0.3 is 0 Å². The molecule has 2 aliphatic rings. The van der Waals surface area contributed by atoms with Crippen LogP contribution in [0.1, 0.15) is 25.7 Å². The Kier molecular flexibility index (Phi) is 4.60. The maximum atomic E-state index is 13.9. The third-order valence-electron chi connectivity index (χ3n) is 4.89. The van der Waals surface area contributed by atoms with Crippen molar-refractivity contribution in [2.45, 2.75) is 43.0 Å². The first kappa shape index (κ1) is 16.6. The Morgan fingerprint density at radius 3 is 2.70 bits per heavy atom. The molecule has 1 saturated carbocycles. The van der Waals surface area contributed by atoms with Crippen molar-refractivity contribution in [3.05, 3.63) is 29.8 Å². The zero-order valence-electron chi connectivity index (χ0n) is 13.1. The van der Waals surface area contributed by atoms with Crippen molar-refractivity contribution in [3.8, 4) is 0 Å². The molecule has 1 aromatic rings. The first-order valence-corrected chi connectivity index (χ1v) is 9.95. The molecule has 0 bridgehead atoms. The molecular formula is C16H22F2N2O2S. The molecule has 1 aliphatic carbocycles. The lowest BCUT2D eigenvalue weighted by Crippen LogP contribution is -2.46. The molecule has 7 heteroatoms. The van der Waals surface area contributed by atoms with Gasteiger partial charge in [0.1, 0.15) is 11.6 Å². The van der Waals surface area contributed by atoms with Crippen LogP contribution in [0.2, 0.25) is 0 Å². The lowest BCUT2D eigenvalue weighted by atomic mass is 10.2. The van der Waals surface area contributed by atoms with Gasteiger partial charge in [-0.3, -0.25) is 0 Å². The van der Waals surface area contributed by atoms with Gasteiger partial charge in [0.25, 0.3) is 0 Å². The molecule has 1 aromatic carbocycles. The van der Waals surface area contributed by atoms with E-state index in [1.54, 1.807) is 0 Å². The average Bonchev–Trinajstić information content (AvgIpc) is 3.08. The van der Waals surface area contributed by atoms with Gasteiger partial charge in [-0.15, -0.1) is 0 Å². The number of sulfone groups is 1. The minimum atomic E-state index is -3.05. The smallest absolute Gasteiger partial charge is 0.151 e. The largest absolute Gasteiger partial charge is 0.368 e. The van der Waals surface area contributed by atoms with Crippen LogP contribution in [0, 0.1) is 11.6 Å². The zero-order valence-corrected chi connectivity index (χ0v) is 14.0. The first-order valence-electron chi connectivity index (χ1n) is 7.99. The fourth-order valence-corrected chi connectivity index (χ4v) is 5.19. The summed E-state index contributed by atoms with van der Waals surface area (Å²) in [5.41, 5.74) is 0.404. The molecule has 0 radical (unpaired) electrons. The molecule has 0 amide bonds. The first-order chi connectivity index (χ1) is 10.8. The lowest BCUT2D eigenvalue weighted by Gasteiger charge is -2.24. The Hall–Kier alpha value is -1.21. The highest BCUT2D eigenvalue weighted by Crippen LogP contribution is 2.28. The molecule has 3 rings (SSSR count). The van der Waals surface area contributed by atoms with Gasteiger partial charge in [0.15, 0.2) is 9.84 Å². The van der Waals surface area contributed by atoms with Crippen molar-refractivity contribution >= 4 is 15.5 Å². The second kappa shape index (κ2) is 6.36. The molecule has 128 valence electrons. The quantitative estimate of drug-likeness (QED) is 0.909. The third-order valence-corrected chi connectivity index (χ3v) is 6.56. The predicted molar refractivity (Wildman–Crippen MR) is 86.4 cm³/mol. The summed E-state index contributed by atoms with van der Waals surface area (Å²) < 4.78 is 50.6. The summed E-state index contributed by atoms with van der Waals surface area (Å²) in [5.74, 6) is -1.14. The zero-order chi connectivity index (χ0) is 16.6. The summed E-state index contributed by atoms with van der Waals surface area (Å²) >= 11 is 0. The number of nitrogens with zero attached hydrogens (tertiary/aromatic N) is 1. The molecule has 0 unspecified atom stereocenters. The molecule has 1 saturated heterocycles. The van der Waals surface area contributed by atoms with Gasteiger partial charge in [0.05, 0.1) is 10.9 Å². The van der Waals surface area contributed by atoms with E-state index in [2.05, 4.69) is 5.32 Å². The van der Waals surface area contributed by atoms with E-state index < -0.39 is 21.5 Å². The molecule has 23 heavy (non-hydrogen) atoms. The minimum absolute atomic E-state index is 0.0204. The summed E-state index contributed by atoms with van der Waals surface area (Å²) in [6.45, 7) is 1.28. The van der Waals surface area contributed by atoms with Crippen LogP contribution in [0.4, 0.5) is 14.5 Å². The van der Waals surface area contributed by atoms with E-state index in [9.17, 15) is 17.2 Å². The van der Waals surface area contributed by atoms with Crippen LogP contribution in [0.25, 0.3) is 0 Å². The van der Waals surface area contributed by atoms with E-state index >= 15 is 0 Å². The van der Waals surface area contributed by atoms with Crippen LogP contribution in [0.3, 0.4) is 0 Å². The molecule has 4 nitrogen and oxygen atoms in total. The van der Waals surface area contributed by atoms with E-state index in [1.165, 1.54) is 18.4 Å². The van der Waals surface area contributed by atoms with E-state index in [1.807, 2.05) is 4.90 Å². The number of nitrogens with one attached hydrogen (secondary N) is 1. The molecule has 0 spiro atoms. The summed E-state index contributed by atoms with van der Waals surface area (Å²) in [5, 5.41) is 3.13. The van der Waals surface area contributed by atoms with Crippen molar-refractivity contribution in [1.29, 1.82) is 0 Å². The van der Waals surface area contributed by atoms with E-state index in [0.29, 0.717) is 25.2 Å². The van der Waals surface area contributed by atoms with Crippen molar-refractivity contribution in [2.24, 2.45) is 0 Å². The van der Waals surface area contributed by atoms with Crippen LogP contribution < -0.4 is 10.2 Å². The molecule has 1 aliphatic heterocycles. The maximum absolute atomic E-state index is 13.9. The highest BCUT2D eigenvalue weighted by molar-refractivity contribution is 7.91. The Labute approximate surface area is 135 Å². The number of anilines is 1. The Morgan fingerprint density at radius 2 is 2.00 bits per heavy atom. The minimum Gasteiger partial charge on any atom is -0.368 e. The van der Waals surface area contributed by atoms with Gasteiger partial charge < -0.3 is 10.2 Å². The summed E-state index contributed by atoms with van der Waals surface area (Å²) in [6, 6.07) is 3.73.